The van der Waals surface area contributed by atoms with E-state index in [-0.39, 0.29) is 0 Å². The standard InChI is InChI=1S/C9H17N.2C8H17N.C7H13N.C7H15N.C5H12O.C5H10/c1-8-4-6-10(7-5-8)9-2-3-9;1-3-9-6-4-5-8(2)7-9;1-3-8-6-5-7-9(8)4-2;1-6-4-8(5-6)7-2-3-7;1-3-8-5-4-7(2)6-8;1-3-4-5-6-2;1-5-3-2-4-5/h8-9H,2-7H2,1H3;2*8H,3-7H2,1-2H3;6-7H,2-5H2,1H3;7H,3-6H2,1-2H3;3-5H2,1-2H3;5H,2-4H2,1H3/t;8-;;;7-;;/m.1..1../s1. The smallest absolute Gasteiger partial charge is 0.0462 e. The second-order valence-corrected chi connectivity index (χ2v) is 19.4. The minimum Gasteiger partial charge on any atom is -0.385 e. The van der Waals surface area contributed by atoms with Crippen LogP contribution in [-0.4, -0.2) is 135 Å². The van der Waals surface area contributed by atoms with E-state index in [0.29, 0.717) is 0 Å². The number of hydrogen-bond donors (Lipinski definition) is 0. The Bertz CT molecular complexity index is 849. The zero-order chi connectivity index (χ0) is 40.4. The summed E-state index contributed by atoms with van der Waals surface area (Å²) >= 11 is 0. The maximum atomic E-state index is 4.78. The number of ether oxygens (including phenoxy) is 1. The largest absolute Gasteiger partial charge is 0.385 e. The highest BCUT2D eigenvalue weighted by atomic mass is 16.5. The van der Waals surface area contributed by atoms with E-state index in [2.05, 4.69) is 93.7 Å². The van der Waals surface area contributed by atoms with Crippen molar-refractivity contribution in [1.82, 2.24) is 24.5 Å². The molecular weight excluding hydrogens is 675 g/mol. The highest BCUT2D eigenvalue weighted by Gasteiger charge is 2.35. The van der Waals surface area contributed by atoms with Crippen molar-refractivity contribution in [2.75, 3.05) is 92.3 Å². The van der Waals surface area contributed by atoms with Crippen LogP contribution >= 0.6 is 0 Å². The van der Waals surface area contributed by atoms with Gasteiger partial charge in [0.1, 0.15) is 0 Å². The minimum atomic E-state index is 0.912. The van der Waals surface area contributed by atoms with Gasteiger partial charge in [0.2, 0.25) is 0 Å². The van der Waals surface area contributed by atoms with Gasteiger partial charge in [0.25, 0.3) is 0 Å². The van der Waals surface area contributed by atoms with E-state index in [0.717, 1.165) is 54.3 Å². The van der Waals surface area contributed by atoms with E-state index in [4.69, 9.17) is 4.74 Å². The van der Waals surface area contributed by atoms with Gasteiger partial charge in [0, 0.05) is 58.0 Å². The van der Waals surface area contributed by atoms with Gasteiger partial charge in [0.15, 0.2) is 0 Å². The number of unbranched alkanes of at least 4 members (excludes halogenated alkanes) is 1. The van der Waals surface area contributed by atoms with E-state index in [9.17, 15) is 0 Å². The van der Waals surface area contributed by atoms with Crippen LogP contribution in [0, 0.1) is 29.6 Å². The van der Waals surface area contributed by atoms with Gasteiger partial charge in [-0.15, -0.1) is 0 Å². The predicted octanol–water partition coefficient (Wildman–Crippen LogP) is 11.2. The summed E-state index contributed by atoms with van der Waals surface area (Å²) < 4.78 is 4.78. The first kappa shape index (κ1) is 50.9. The fourth-order valence-corrected chi connectivity index (χ4v) is 8.88. The fourth-order valence-electron chi connectivity index (χ4n) is 8.88. The summed E-state index contributed by atoms with van der Waals surface area (Å²) in [5.41, 5.74) is 0. The van der Waals surface area contributed by atoms with Crippen molar-refractivity contribution in [3.63, 3.8) is 0 Å². The molecule has 328 valence electrons. The Morgan fingerprint density at radius 1 is 0.455 bits per heavy atom. The number of nitrogens with zero attached hydrogens (tertiary/aromatic N) is 5. The number of likely N-dealkylation sites (tertiary alicyclic amines) is 5. The molecule has 0 aromatic rings. The van der Waals surface area contributed by atoms with Crippen LogP contribution in [0.3, 0.4) is 0 Å². The van der Waals surface area contributed by atoms with Crippen LogP contribution in [0.2, 0.25) is 0 Å². The molecule has 0 spiro atoms. The van der Waals surface area contributed by atoms with Crippen molar-refractivity contribution >= 4 is 0 Å². The molecule has 8 fully saturated rings. The Labute approximate surface area is 346 Å². The summed E-state index contributed by atoms with van der Waals surface area (Å²) in [7, 11) is 1.73. The zero-order valence-electron chi connectivity index (χ0n) is 39.5. The number of piperidine rings is 2. The molecule has 0 aromatic heterocycles. The zero-order valence-corrected chi connectivity index (χ0v) is 39.5. The van der Waals surface area contributed by atoms with Crippen LogP contribution in [0.15, 0.2) is 0 Å². The van der Waals surface area contributed by atoms with Crippen LogP contribution in [0.25, 0.3) is 0 Å². The van der Waals surface area contributed by atoms with E-state index < -0.39 is 0 Å². The summed E-state index contributed by atoms with van der Waals surface area (Å²) in [5, 5.41) is 0. The van der Waals surface area contributed by atoms with Crippen LogP contribution < -0.4 is 0 Å². The third kappa shape index (κ3) is 23.8. The Kier molecular flexibility index (Phi) is 28.5. The van der Waals surface area contributed by atoms with Crippen molar-refractivity contribution in [3.8, 4) is 0 Å². The molecule has 5 saturated heterocycles. The molecule has 0 bridgehead atoms. The fraction of sp³-hybridized carbons (Fsp3) is 1.00. The van der Waals surface area contributed by atoms with Crippen LogP contribution in [0.5, 0.6) is 0 Å². The number of methoxy groups -OCH3 is 1. The maximum absolute atomic E-state index is 4.78. The Hall–Kier alpha value is -0.240. The third-order valence-corrected chi connectivity index (χ3v) is 13.7. The topological polar surface area (TPSA) is 25.4 Å². The van der Waals surface area contributed by atoms with Gasteiger partial charge in [-0.25, -0.2) is 0 Å². The molecule has 1 unspecified atom stereocenters. The molecule has 3 atom stereocenters. The van der Waals surface area contributed by atoms with E-state index in [1.54, 1.807) is 7.11 Å². The summed E-state index contributed by atoms with van der Waals surface area (Å²) in [4.78, 5) is 12.9. The highest BCUT2D eigenvalue weighted by molar-refractivity contribution is 4.91. The van der Waals surface area contributed by atoms with Gasteiger partial charge in [0.05, 0.1) is 0 Å². The predicted molar refractivity (Wildman–Crippen MR) is 244 cm³/mol. The van der Waals surface area contributed by atoms with E-state index in [1.807, 2.05) is 0 Å². The van der Waals surface area contributed by atoms with Gasteiger partial charge in [-0.3, -0.25) is 4.90 Å². The molecule has 3 saturated carbocycles. The molecule has 5 heterocycles. The SMILES string of the molecule is CC1CCC1.CC1CCN(C2CC2)CC1.CC1CN(C2CC2)C1.CCC1CCCN1CC.CCCCOC.CCN1CCC[C@@H](C)C1.CCN1CC[C@@H](C)C1. The van der Waals surface area contributed by atoms with Crippen molar-refractivity contribution in [2.24, 2.45) is 29.6 Å². The Morgan fingerprint density at radius 2 is 0.964 bits per heavy atom. The molecule has 6 heteroatoms. The lowest BCUT2D eigenvalue weighted by Crippen LogP contribution is -2.46. The van der Waals surface area contributed by atoms with Gasteiger partial charge in [-0.2, -0.15) is 0 Å². The number of hydrogen-bond acceptors (Lipinski definition) is 6. The normalized spacial score (nSPS) is 28.1. The van der Waals surface area contributed by atoms with Gasteiger partial charge < -0.3 is 24.3 Å². The third-order valence-electron chi connectivity index (χ3n) is 13.7. The minimum absolute atomic E-state index is 0.912. The molecule has 5 aliphatic heterocycles. The second kappa shape index (κ2) is 30.8. The van der Waals surface area contributed by atoms with Gasteiger partial charge in [-0.05, 0) is 165 Å². The van der Waals surface area contributed by atoms with Gasteiger partial charge in [-0.1, -0.05) is 94.9 Å². The van der Waals surface area contributed by atoms with Crippen LogP contribution in [-0.2, 0) is 4.74 Å². The second-order valence-electron chi connectivity index (χ2n) is 19.4. The van der Waals surface area contributed by atoms with Crippen molar-refractivity contribution in [3.05, 3.63) is 0 Å². The van der Waals surface area contributed by atoms with Crippen molar-refractivity contribution in [2.45, 2.75) is 197 Å². The Morgan fingerprint density at radius 3 is 1.29 bits per heavy atom. The maximum Gasteiger partial charge on any atom is 0.0462 e. The summed E-state index contributed by atoms with van der Waals surface area (Å²) in [6, 6.07) is 2.94. The molecule has 8 rings (SSSR count). The van der Waals surface area contributed by atoms with Crippen LogP contribution in [0.1, 0.15) is 178 Å². The molecule has 0 radical (unpaired) electrons. The van der Waals surface area contributed by atoms with Crippen LogP contribution in [0.4, 0.5) is 0 Å². The first-order chi connectivity index (χ1) is 26.6. The molecule has 0 N–H and O–H groups in total. The monoisotopic (exact) mass is 776 g/mol. The first-order valence-electron chi connectivity index (χ1n) is 24.7. The first-order valence-corrected chi connectivity index (χ1v) is 24.7. The molecule has 6 nitrogen and oxygen atoms in total. The summed E-state index contributed by atoms with van der Waals surface area (Å²) in [6.45, 7) is 39.7. The van der Waals surface area contributed by atoms with Gasteiger partial charge >= 0.3 is 0 Å². The lowest BCUT2D eigenvalue weighted by atomic mass is 9.88. The van der Waals surface area contributed by atoms with Crippen molar-refractivity contribution in [1.29, 1.82) is 0 Å². The number of rotatable bonds is 9. The van der Waals surface area contributed by atoms with Crippen molar-refractivity contribution < 1.29 is 4.74 Å². The molecule has 0 amide bonds. The average Bonchev–Trinajstić information content (AvgIpc) is 4.12. The average molecular weight is 776 g/mol. The quantitative estimate of drug-likeness (QED) is 0.216. The molecule has 55 heavy (non-hydrogen) atoms. The molecule has 8 aliphatic rings. The summed E-state index contributed by atoms with van der Waals surface area (Å²) in [6.07, 6.45) is 24.1. The lowest BCUT2D eigenvalue weighted by molar-refractivity contribution is 0.104. The summed E-state index contributed by atoms with van der Waals surface area (Å²) in [5.74, 6) is 4.95. The lowest BCUT2D eigenvalue weighted by Gasteiger charge is -2.37. The highest BCUT2D eigenvalue weighted by Crippen LogP contribution is 2.32. The van der Waals surface area contributed by atoms with E-state index in [1.165, 1.54) is 188 Å². The molecule has 0 aromatic carbocycles. The Balaban J connectivity index is 0.000000224. The van der Waals surface area contributed by atoms with E-state index >= 15 is 0 Å². The molecular formula is C49H101N5O. The molecule has 3 aliphatic carbocycles.